The van der Waals surface area contributed by atoms with Gasteiger partial charge in [0.25, 0.3) is 5.91 Å². The number of aliphatic imine (C=N–C) groups is 1. The molecule has 192 valence electrons. The number of hydrogen-bond donors (Lipinski definition) is 5. The number of nitrogens with zero attached hydrogens (tertiary/aromatic N) is 3. The molecule has 0 heterocycles. The molecule has 0 aliphatic heterocycles. The fourth-order valence-electron chi connectivity index (χ4n) is 3.43. The van der Waals surface area contributed by atoms with Gasteiger partial charge in [-0.25, -0.2) is 10.3 Å². The number of guanidine groups is 1. The quantitative estimate of drug-likeness (QED) is 0.123. The second kappa shape index (κ2) is 11.8. The molecule has 6 N–H and O–H groups in total. The highest BCUT2D eigenvalue weighted by molar-refractivity contribution is 7.86. The highest BCUT2D eigenvalue weighted by atomic mass is 32.2. The number of carbonyl (C=O) groups is 2. The number of carbonyl (C=O) groups excluding carboxylic acids is 2. The number of nitrogens with two attached hydrogens (primary N) is 1. The molecule has 0 fully saturated rings. The molecular formula is C26H29N6O4S+. The first-order valence-electron chi connectivity index (χ1n) is 11.2. The van der Waals surface area contributed by atoms with Crippen LogP contribution in [0, 0.1) is 5.53 Å². The van der Waals surface area contributed by atoms with Gasteiger partial charge in [-0.2, -0.15) is 14.1 Å². The summed E-state index contributed by atoms with van der Waals surface area (Å²) < 4.78 is 19.0. The number of hydrogen-bond acceptors (Lipinski definition) is 5. The Kier molecular flexibility index (Phi) is 8.77. The van der Waals surface area contributed by atoms with Crippen LogP contribution in [0.3, 0.4) is 0 Å². The van der Waals surface area contributed by atoms with Gasteiger partial charge in [0, 0.05) is 29.1 Å². The van der Waals surface area contributed by atoms with E-state index in [9.17, 15) is 18.7 Å². The Balaban J connectivity index is 1.90. The Morgan fingerprint density at radius 1 is 1.03 bits per heavy atom. The Morgan fingerprint density at radius 3 is 2.24 bits per heavy atom. The van der Waals surface area contributed by atoms with Crippen molar-refractivity contribution < 1.29 is 18.7 Å². The Bertz CT molecular complexity index is 1300. The summed E-state index contributed by atoms with van der Waals surface area (Å²) in [7, 11) is 0. The summed E-state index contributed by atoms with van der Waals surface area (Å²) in [6.45, 7) is 6.50. The second-order valence-electron chi connectivity index (χ2n) is 9.19. The lowest BCUT2D eigenvalue weighted by Crippen LogP contribution is -2.34. The molecule has 0 aliphatic carbocycles. The van der Waals surface area contributed by atoms with E-state index < -0.39 is 29.4 Å². The number of anilines is 2. The zero-order valence-corrected chi connectivity index (χ0v) is 21.5. The Hall–Kier alpha value is -4.06. The molecule has 0 bridgehead atoms. The molecule has 0 atom stereocenters. The molecule has 11 heteroatoms. The van der Waals surface area contributed by atoms with E-state index in [2.05, 4.69) is 36.2 Å². The maximum Gasteiger partial charge on any atom is 0.351 e. The topological polar surface area (TPSA) is 164 Å². The van der Waals surface area contributed by atoms with Gasteiger partial charge >= 0.3 is 17.5 Å². The monoisotopic (exact) mass is 521 g/mol. The van der Waals surface area contributed by atoms with Crippen LogP contribution in [-0.2, 0) is 23.4 Å². The molecule has 0 aliphatic rings. The average molecular weight is 522 g/mol. The van der Waals surface area contributed by atoms with Gasteiger partial charge in [-0.3, -0.25) is 9.69 Å². The molecule has 3 amide bonds. The Labute approximate surface area is 218 Å². The van der Waals surface area contributed by atoms with Crippen LogP contribution in [0.25, 0.3) is 0 Å². The van der Waals surface area contributed by atoms with Crippen molar-refractivity contribution in [2.24, 2.45) is 15.8 Å². The maximum atomic E-state index is 13.4. The van der Waals surface area contributed by atoms with Gasteiger partial charge in [0.15, 0.2) is 0 Å². The predicted molar refractivity (Wildman–Crippen MR) is 145 cm³/mol. The summed E-state index contributed by atoms with van der Waals surface area (Å²) in [5, 5.41) is 5.73. The van der Waals surface area contributed by atoms with E-state index in [4.69, 9.17) is 11.3 Å². The summed E-state index contributed by atoms with van der Waals surface area (Å²) in [5.41, 5.74) is 15.3. The molecule has 0 saturated heterocycles. The second-order valence-corrected chi connectivity index (χ2v) is 10.2. The number of urea groups is 1. The van der Waals surface area contributed by atoms with Crippen LogP contribution in [0.4, 0.5) is 16.2 Å². The van der Waals surface area contributed by atoms with E-state index in [0.29, 0.717) is 11.4 Å². The molecule has 10 nitrogen and oxygen atoms in total. The van der Waals surface area contributed by atoms with Gasteiger partial charge in [0.2, 0.25) is 10.9 Å². The van der Waals surface area contributed by atoms with Crippen molar-refractivity contribution in [3.05, 3.63) is 89.5 Å². The molecule has 0 saturated carbocycles. The number of nitrogens with one attached hydrogen (secondary N) is 2. The van der Waals surface area contributed by atoms with Crippen molar-refractivity contribution in [2.75, 3.05) is 10.2 Å². The number of amides is 3. The Morgan fingerprint density at radius 2 is 1.68 bits per heavy atom. The van der Waals surface area contributed by atoms with Crippen LogP contribution >= 0.6 is 0 Å². The van der Waals surface area contributed by atoms with Gasteiger partial charge in [0.1, 0.15) is 0 Å². The van der Waals surface area contributed by atoms with Gasteiger partial charge in [0.05, 0.1) is 6.54 Å². The lowest BCUT2D eigenvalue weighted by Gasteiger charge is -2.25. The van der Waals surface area contributed by atoms with Crippen molar-refractivity contribution in [1.82, 2.24) is 0 Å². The predicted octanol–water partition coefficient (Wildman–Crippen LogP) is 5.63. The molecule has 0 spiro atoms. The van der Waals surface area contributed by atoms with Crippen LogP contribution < -0.4 is 16.0 Å². The van der Waals surface area contributed by atoms with E-state index in [0.717, 1.165) is 11.1 Å². The minimum absolute atomic E-state index is 0.0561. The smallest absolute Gasteiger partial charge is 0.351 e. The lowest BCUT2D eigenvalue weighted by atomic mass is 9.87. The van der Waals surface area contributed by atoms with E-state index >= 15 is 0 Å². The van der Waals surface area contributed by atoms with Gasteiger partial charge in [-0.1, -0.05) is 51.1 Å². The summed E-state index contributed by atoms with van der Waals surface area (Å²) in [5.74, 6) is -1.06. The minimum atomic E-state index is -1.93. The first-order chi connectivity index (χ1) is 17.5. The third kappa shape index (κ3) is 7.46. The fraction of sp³-hybridized carbons (Fsp3) is 0.192. The highest BCUT2D eigenvalue weighted by Crippen LogP contribution is 2.27. The fourth-order valence-corrected chi connectivity index (χ4v) is 3.86. The zero-order valence-electron chi connectivity index (χ0n) is 20.7. The molecule has 37 heavy (non-hydrogen) atoms. The molecule has 3 aromatic rings. The normalized spacial score (nSPS) is 11.8. The third-order valence-corrected chi connectivity index (χ3v) is 6.13. The summed E-state index contributed by atoms with van der Waals surface area (Å²) in [4.78, 5) is 30.9. The van der Waals surface area contributed by atoms with Gasteiger partial charge in [-0.15, -0.1) is 5.11 Å². The molecular weight excluding hydrogens is 492 g/mol. The van der Waals surface area contributed by atoms with E-state index in [1.165, 1.54) is 6.07 Å². The van der Waals surface area contributed by atoms with Gasteiger partial charge < -0.3 is 11.1 Å². The standard InChI is InChI=1S/C26H28N6O4S/c1-26(2,3)19-11-13-21(14-12-19)32(25(34)29-20-5-4-6-22(15-20)37(35)36)16-17-7-9-18(10-8-17)23(33)30-24(27)31-28/h4-15,28,35-36H,16H2,1-3H3,(H2-,27,29,30,33,34)/p+1. The van der Waals surface area contributed by atoms with Crippen molar-refractivity contribution >= 4 is 40.7 Å². The number of rotatable bonds is 6. The summed E-state index contributed by atoms with van der Waals surface area (Å²) in [6.07, 6.45) is 0. The first-order valence-corrected chi connectivity index (χ1v) is 12.4. The van der Waals surface area contributed by atoms with Crippen molar-refractivity contribution in [3.63, 3.8) is 0 Å². The third-order valence-electron chi connectivity index (χ3n) is 5.46. The van der Waals surface area contributed by atoms with Crippen LogP contribution in [-0.4, -0.2) is 27.0 Å². The number of benzene rings is 3. The first kappa shape index (κ1) is 27.5. The highest BCUT2D eigenvalue weighted by Gasteiger charge is 2.21. The minimum Gasteiger partial charge on any atom is -0.366 e. The maximum absolute atomic E-state index is 13.4. The van der Waals surface area contributed by atoms with Crippen LogP contribution in [0.5, 0.6) is 0 Å². The lowest BCUT2D eigenvalue weighted by molar-refractivity contribution is 0.100. The molecule has 3 aromatic carbocycles. The zero-order chi connectivity index (χ0) is 27.2. The van der Waals surface area contributed by atoms with Gasteiger partial charge in [-0.05, 0) is 46.9 Å². The molecule has 3 rings (SSSR count). The molecule has 0 aromatic heterocycles. The SMILES string of the molecule is CC(C)(C)c1ccc(N(Cc2ccc(C(=O)N=C(N)N=N)cc2)C(=O)Nc2cccc([S+](O)O)c2)cc1. The van der Waals surface area contributed by atoms with Crippen LogP contribution in [0.15, 0.2) is 87.8 Å². The summed E-state index contributed by atoms with van der Waals surface area (Å²) >= 11 is -1.93. The largest absolute Gasteiger partial charge is 0.366 e. The summed E-state index contributed by atoms with van der Waals surface area (Å²) in [6, 6.07) is 20.1. The average Bonchev–Trinajstić information content (AvgIpc) is 2.87. The van der Waals surface area contributed by atoms with E-state index in [-0.39, 0.29) is 22.4 Å². The van der Waals surface area contributed by atoms with E-state index in [1.54, 1.807) is 47.4 Å². The van der Waals surface area contributed by atoms with Crippen molar-refractivity contribution in [3.8, 4) is 0 Å². The molecule has 0 unspecified atom stereocenters. The van der Waals surface area contributed by atoms with Crippen molar-refractivity contribution in [1.29, 1.82) is 5.53 Å². The van der Waals surface area contributed by atoms with Crippen molar-refractivity contribution in [2.45, 2.75) is 37.6 Å². The van der Waals surface area contributed by atoms with E-state index in [1.807, 2.05) is 24.3 Å². The van der Waals surface area contributed by atoms with Crippen LogP contribution in [0.1, 0.15) is 42.3 Å². The van der Waals surface area contributed by atoms with Crippen LogP contribution in [0.2, 0.25) is 0 Å². The molecule has 0 radical (unpaired) electrons.